The van der Waals surface area contributed by atoms with E-state index in [2.05, 4.69) is 10.6 Å². The van der Waals surface area contributed by atoms with Crippen LogP contribution in [0.2, 0.25) is 5.02 Å². The lowest BCUT2D eigenvalue weighted by Crippen LogP contribution is -2.39. The normalized spacial score (nSPS) is 11.6. The molecule has 0 aliphatic rings. The number of hydrogen-bond acceptors (Lipinski definition) is 3. The molecule has 0 aromatic heterocycles. The van der Waals surface area contributed by atoms with E-state index in [1.807, 2.05) is 13.0 Å². The van der Waals surface area contributed by atoms with Crippen LogP contribution in [0.1, 0.15) is 12.5 Å². The van der Waals surface area contributed by atoms with E-state index in [4.69, 9.17) is 22.1 Å². The van der Waals surface area contributed by atoms with Gasteiger partial charge < -0.3 is 21.1 Å². The van der Waals surface area contributed by atoms with Crippen molar-refractivity contribution in [2.75, 3.05) is 11.1 Å². The van der Waals surface area contributed by atoms with Crippen molar-refractivity contribution in [3.8, 4) is 5.75 Å². The molecular formula is C16H18ClN3O2. The Balaban J connectivity index is 1.91. The predicted molar refractivity (Wildman–Crippen MR) is 89.3 cm³/mol. The molecule has 2 amide bonds. The number of nitrogen functional groups attached to an aromatic ring is 1. The van der Waals surface area contributed by atoms with E-state index >= 15 is 0 Å². The summed E-state index contributed by atoms with van der Waals surface area (Å²) in [4.78, 5) is 12.0. The van der Waals surface area contributed by atoms with Crippen LogP contribution in [-0.2, 0) is 0 Å². The summed E-state index contributed by atoms with van der Waals surface area (Å²) < 4.78 is 5.57. The van der Waals surface area contributed by atoms with Gasteiger partial charge in [-0.3, -0.25) is 0 Å². The molecule has 2 aromatic carbocycles. The highest BCUT2D eigenvalue weighted by molar-refractivity contribution is 6.30. The standard InChI is InChI=1S/C16H18ClN3O2/c1-10-3-8-14(18)15(9-10)20-16(21)19-11(2)22-13-6-4-12(17)5-7-13/h3-9,11H,18H2,1-2H3,(H2,19,20,21). The molecule has 0 saturated carbocycles. The molecule has 0 radical (unpaired) electrons. The first-order chi connectivity index (χ1) is 10.4. The molecule has 0 bridgehead atoms. The summed E-state index contributed by atoms with van der Waals surface area (Å²) in [5.41, 5.74) is 7.90. The number of ether oxygens (including phenoxy) is 1. The Hall–Kier alpha value is -2.40. The Bertz CT molecular complexity index is 659. The highest BCUT2D eigenvalue weighted by Gasteiger charge is 2.10. The van der Waals surface area contributed by atoms with Gasteiger partial charge in [0.2, 0.25) is 0 Å². The number of nitrogens with two attached hydrogens (primary N) is 1. The van der Waals surface area contributed by atoms with Crippen molar-refractivity contribution < 1.29 is 9.53 Å². The summed E-state index contributed by atoms with van der Waals surface area (Å²) in [6, 6.07) is 11.9. The number of hydrogen-bond donors (Lipinski definition) is 3. The number of amides is 2. The van der Waals surface area contributed by atoms with E-state index in [1.54, 1.807) is 43.3 Å². The van der Waals surface area contributed by atoms with Gasteiger partial charge in [-0.2, -0.15) is 0 Å². The van der Waals surface area contributed by atoms with Crippen molar-refractivity contribution in [3.63, 3.8) is 0 Å². The van der Waals surface area contributed by atoms with Crippen LogP contribution in [0.3, 0.4) is 0 Å². The smallest absolute Gasteiger partial charge is 0.322 e. The first-order valence-electron chi connectivity index (χ1n) is 6.80. The zero-order chi connectivity index (χ0) is 16.1. The molecule has 0 fully saturated rings. The van der Waals surface area contributed by atoms with Crippen LogP contribution in [0.25, 0.3) is 0 Å². The monoisotopic (exact) mass is 319 g/mol. The average molecular weight is 320 g/mol. The van der Waals surface area contributed by atoms with Gasteiger partial charge in [-0.1, -0.05) is 17.7 Å². The summed E-state index contributed by atoms with van der Waals surface area (Å²) in [5.74, 6) is 0.618. The number of aryl methyl sites for hydroxylation is 1. The van der Waals surface area contributed by atoms with Gasteiger partial charge in [-0.05, 0) is 55.8 Å². The number of carbonyl (C=O) groups excluding carboxylic acids is 1. The summed E-state index contributed by atoms with van der Waals surface area (Å²) >= 11 is 5.80. The molecule has 4 N–H and O–H groups in total. The van der Waals surface area contributed by atoms with Gasteiger partial charge in [-0.25, -0.2) is 4.79 Å². The van der Waals surface area contributed by atoms with Gasteiger partial charge in [0, 0.05) is 5.02 Å². The molecule has 1 unspecified atom stereocenters. The van der Waals surface area contributed by atoms with Crippen LogP contribution in [0.4, 0.5) is 16.2 Å². The van der Waals surface area contributed by atoms with Gasteiger partial charge in [0.1, 0.15) is 5.75 Å². The molecule has 5 nitrogen and oxygen atoms in total. The molecule has 6 heteroatoms. The maximum Gasteiger partial charge on any atom is 0.322 e. The number of halogens is 1. The summed E-state index contributed by atoms with van der Waals surface area (Å²) in [6.07, 6.45) is -0.507. The Kier molecular flexibility index (Phi) is 5.12. The molecule has 2 aromatic rings. The predicted octanol–water partition coefficient (Wildman–Crippen LogP) is 3.78. The molecule has 0 aliphatic carbocycles. The summed E-state index contributed by atoms with van der Waals surface area (Å²) in [5, 5.41) is 6.00. The Morgan fingerprint density at radius 2 is 1.91 bits per heavy atom. The van der Waals surface area contributed by atoms with E-state index in [9.17, 15) is 4.79 Å². The van der Waals surface area contributed by atoms with Crippen molar-refractivity contribution >= 4 is 29.0 Å². The number of benzene rings is 2. The molecule has 0 saturated heterocycles. The van der Waals surface area contributed by atoms with Crippen LogP contribution < -0.4 is 21.1 Å². The number of rotatable bonds is 4. The molecule has 116 valence electrons. The largest absolute Gasteiger partial charge is 0.471 e. The lowest BCUT2D eigenvalue weighted by Gasteiger charge is -2.17. The maximum atomic E-state index is 12.0. The topological polar surface area (TPSA) is 76.4 Å². The highest BCUT2D eigenvalue weighted by atomic mass is 35.5. The number of nitrogens with one attached hydrogen (secondary N) is 2. The van der Waals surface area contributed by atoms with Crippen LogP contribution >= 0.6 is 11.6 Å². The second-order valence-electron chi connectivity index (χ2n) is 4.90. The SMILES string of the molecule is Cc1ccc(N)c(NC(=O)NC(C)Oc2ccc(Cl)cc2)c1. The van der Waals surface area contributed by atoms with Gasteiger partial charge in [0.15, 0.2) is 6.23 Å². The third-order valence-corrected chi connectivity index (χ3v) is 3.17. The van der Waals surface area contributed by atoms with Crippen molar-refractivity contribution in [2.45, 2.75) is 20.1 Å². The molecule has 1 atom stereocenters. The minimum Gasteiger partial charge on any atom is -0.471 e. The van der Waals surface area contributed by atoms with E-state index in [-0.39, 0.29) is 0 Å². The zero-order valence-electron chi connectivity index (χ0n) is 12.4. The van der Waals surface area contributed by atoms with Crippen molar-refractivity contribution in [3.05, 3.63) is 53.1 Å². The van der Waals surface area contributed by atoms with Crippen molar-refractivity contribution in [1.29, 1.82) is 0 Å². The Morgan fingerprint density at radius 3 is 2.59 bits per heavy atom. The average Bonchev–Trinajstić information content (AvgIpc) is 2.45. The molecule has 0 heterocycles. The van der Waals surface area contributed by atoms with E-state index in [1.165, 1.54) is 0 Å². The fourth-order valence-corrected chi connectivity index (χ4v) is 1.99. The van der Waals surface area contributed by atoms with E-state index in [0.29, 0.717) is 22.1 Å². The van der Waals surface area contributed by atoms with Gasteiger partial charge >= 0.3 is 6.03 Å². The fraction of sp³-hybridized carbons (Fsp3) is 0.188. The van der Waals surface area contributed by atoms with Crippen molar-refractivity contribution in [1.82, 2.24) is 5.32 Å². The lowest BCUT2D eigenvalue weighted by atomic mass is 10.2. The number of urea groups is 1. The molecule has 22 heavy (non-hydrogen) atoms. The molecular weight excluding hydrogens is 302 g/mol. The minimum absolute atomic E-state index is 0.390. The third-order valence-electron chi connectivity index (χ3n) is 2.92. The Labute approximate surface area is 134 Å². The zero-order valence-corrected chi connectivity index (χ0v) is 13.1. The van der Waals surface area contributed by atoms with Gasteiger partial charge in [0.25, 0.3) is 0 Å². The van der Waals surface area contributed by atoms with Gasteiger partial charge in [-0.15, -0.1) is 0 Å². The van der Waals surface area contributed by atoms with E-state index < -0.39 is 12.3 Å². The van der Waals surface area contributed by atoms with E-state index in [0.717, 1.165) is 5.56 Å². The second kappa shape index (κ2) is 7.04. The lowest BCUT2D eigenvalue weighted by molar-refractivity contribution is 0.183. The quantitative estimate of drug-likeness (QED) is 0.593. The van der Waals surface area contributed by atoms with Crippen molar-refractivity contribution in [2.24, 2.45) is 0 Å². The minimum atomic E-state index is -0.507. The second-order valence-corrected chi connectivity index (χ2v) is 5.34. The van der Waals surface area contributed by atoms with Crippen LogP contribution in [0, 0.1) is 6.92 Å². The van der Waals surface area contributed by atoms with Crippen LogP contribution in [0.15, 0.2) is 42.5 Å². The fourth-order valence-electron chi connectivity index (χ4n) is 1.87. The van der Waals surface area contributed by atoms with Gasteiger partial charge in [0.05, 0.1) is 11.4 Å². The first-order valence-corrected chi connectivity index (χ1v) is 7.17. The van der Waals surface area contributed by atoms with Crippen LogP contribution in [0.5, 0.6) is 5.75 Å². The maximum absolute atomic E-state index is 12.0. The summed E-state index contributed by atoms with van der Waals surface area (Å²) in [6.45, 7) is 3.66. The number of carbonyl (C=O) groups is 1. The highest BCUT2D eigenvalue weighted by Crippen LogP contribution is 2.19. The molecule has 0 spiro atoms. The first kappa shape index (κ1) is 16.0. The number of anilines is 2. The Morgan fingerprint density at radius 1 is 1.23 bits per heavy atom. The third kappa shape index (κ3) is 4.56. The summed E-state index contributed by atoms with van der Waals surface area (Å²) in [7, 11) is 0. The van der Waals surface area contributed by atoms with Crippen LogP contribution in [-0.4, -0.2) is 12.3 Å². The molecule has 0 aliphatic heterocycles. The molecule has 2 rings (SSSR count).